The number of aromatic nitrogens is 2. The van der Waals surface area contributed by atoms with Crippen LogP contribution in [0.4, 0.5) is 10.2 Å². The van der Waals surface area contributed by atoms with Gasteiger partial charge in [0.15, 0.2) is 0 Å². The largest absolute Gasteiger partial charge is 0.354 e. The van der Waals surface area contributed by atoms with Gasteiger partial charge in [0.05, 0.1) is 11.6 Å². The lowest BCUT2D eigenvalue weighted by Gasteiger charge is -2.33. The molecule has 1 fully saturated rings. The van der Waals surface area contributed by atoms with Crippen LogP contribution in [-0.2, 0) is 11.3 Å². The van der Waals surface area contributed by atoms with E-state index in [-0.39, 0.29) is 17.4 Å². The summed E-state index contributed by atoms with van der Waals surface area (Å²) in [7, 11) is 0. The fourth-order valence-electron chi connectivity index (χ4n) is 3.80. The zero-order valence-corrected chi connectivity index (χ0v) is 17.4. The Morgan fingerprint density at radius 1 is 1.16 bits per heavy atom. The minimum Gasteiger partial charge on any atom is -0.354 e. The van der Waals surface area contributed by atoms with Crippen LogP contribution in [0.1, 0.15) is 24.0 Å². The molecule has 3 aromatic rings. The highest BCUT2D eigenvalue weighted by atomic mass is 19.1. The molecule has 6 nitrogen and oxygen atoms in total. The molecule has 1 atom stereocenters. The van der Waals surface area contributed by atoms with Crippen molar-refractivity contribution < 1.29 is 9.18 Å². The predicted molar refractivity (Wildman–Crippen MR) is 118 cm³/mol. The molecule has 0 bridgehead atoms. The minimum absolute atomic E-state index is 0.0173. The molecular weight excluding hydrogens is 395 g/mol. The van der Waals surface area contributed by atoms with E-state index in [2.05, 4.69) is 10.4 Å². The number of carbonyl (C=O) groups excluding carboxylic acids is 1. The number of benzene rings is 2. The first-order valence-electron chi connectivity index (χ1n) is 10.4. The lowest BCUT2D eigenvalue weighted by Crippen LogP contribution is -2.43. The Labute approximate surface area is 180 Å². The van der Waals surface area contributed by atoms with E-state index in [1.165, 1.54) is 28.4 Å². The molecule has 0 radical (unpaired) electrons. The monoisotopic (exact) mass is 420 g/mol. The van der Waals surface area contributed by atoms with E-state index in [0.29, 0.717) is 24.6 Å². The summed E-state index contributed by atoms with van der Waals surface area (Å²) in [5, 5.41) is 7.46. The van der Waals surface area contributed by atoms with Crippen molar-refractivity contribution >= 4 is 11.7 Å². The lowest BCUT2D eigenvalue weighted by molar-refractivity contribution is -0.125. The number of hydrogen-bond donors (Lipinski definition) is 1. The second-order valence-electron chi connectivity index (χ2n) is 7.91. The summed E-state index contributed by atoms with van der Waals surface area (Å²) in [6, 6.07) is 17.0. The average molecular weight is 420 g/mol. The van der Waals surface area contributed by atoms with Crippen LogP contribution in [0.5, 0.6) is 0 Å². The van der Waals surface area contributed by atoms with Gasteiger partial charge in [-0.1, -0.05) is 35.9 Å². The predicted octanol–water partition coefficient (Wildman–Crippen LogP) is 3.21. The molecule has 0 aliphatic carbocycles. The molecule has 160 valence electrons. The van der Waals surface area contributed by atoms with Gasteiger partial charge >= 0.3 is 0 Å². The van der Waals surface area contributed by atoms with E-state index in [1.54, 1.807) is 18.2 Å². The topological polar surface area (TPSA) is 67.2 Å². The number of hydrogen-bond acceptors (Lipinski definition) is 4. The maximum absolute atomic E-state index is 13.6. The molecule has 0 spiro atoms. The maximum Gasteiger partial charge on any atom is 0.271 e. The lowest BCUT2D eigenvalue weighted by atomic mass is 9.97. The highest BCUT2D eigenvalue weighted by Gasteiger charge is 2.26. The van der Waals surface area contributed by atoms with E-state index in [1.807, 2.05) is 36.1 Å². The highest BCUT2D eigenvalue weighted by Crippen LogP contribution is 2.22. The number of nitrogens with one attached hydrogen (secondary N) is 1. The summed E-state index contributed by atoms with van der Waals surface area (Å²) in [6.45, 7) is 3.80. The first kappa shape index (κ1) is 20.8. The normalized spacial score (nSPS) is 16.2. The minimum atomic E-state index is -0.431. The van der Waals surface area contributed by atoms with Gasteiger partial charge in [0.2, 0.25) is 5.91 Å². The summed E-state index contributed by atoms with van der Waals surface area (Å²) in [5.41, 5.74) is 2.29. The van der Waals surface area contributed by atoms with Gasteiger partial charge in [0.25, 0.3) is 5.56 Å². The van der Waals surface area contributed by atoms with E-state index in [0.717, 1.165) is 24.9 Å². The molecule has 1 amide bonds. The van der Waals surface area contributed by atoms with Gasteiger partial charge in [-0.2, -0.15) is 4.68 Å². The second-order valence-corrected chi connectivity index (χ2v) is 7.91. The van der Waals surface area contributed by atoms with Crippen molar-refractivity contribution in [3.63, 3.8) is 0 Å². The standard InChI is InChI=1S/C24H25FN4O2/c1-17-7-9-18(10-8-17)15-26-24(31)19-4-3-13-28(16-19)22-11-12-23(30)29(27-22)21-6-2-5-20(25)14-21/h2,5-12,14,19H,3-4,13,15-16H2,1H3,(H,26,31)/t19-/m0/s1. The molecule has 1 N–H and O–H groups in total. The smallest absolute Gasteiger partial charge is 0.271 e. The van der Waals surface area contributed by atoms with Gasteiger partial charge in [0.1, 0.15) is 11.6 Å². The fourth-order valence-corrected chi connectivity index (χ4v) is 3.80. The molecule has 2 aromatic carbocycles. The van der Waals surface area contributed by atoms with Crippen molar-refractivity contribution in [2.24, 2.45) is 5.92 Å². The average Bonchev–Trinajstić information content (AvgIpc) is 2.79. The van der Waals surface area contributed by atoms with E-state index in [9.17, 15) is 14.0 Å². The van der Waals surface area contributed by atoms with Crippen molar-refractivity contribution in [1.29, 1.82) is 0 Å². The molecule has 1 saturated heterocycles. The van der Waals surface area contributed by atoms with Crippen molar-refractivity contribution in [2.75, 3.05) is 18.0 Å². The van der Waals surface area contributed by atoms with Crippen LogP contribution >= 0.6 is 0 Å². The summed E-state index contributed by atoms with van der Waals surface area (Å²) >= 11 is 0. The number of piperidine rings is 1. The Morgan fingerprint density at radius 3 is 2.74 bits per heavy atom. The van der Waals surface area contributed by atoms with Crippen LogP contribution in [0.25, 0.3) is 5.69 Å². The van der Waals surface area contributed by atoms with Gasteiger partial charge in [-0.05, 0) is 49.6 Å². The number of amides is 1. The van der Waals surface area contributed by atoms with Crippen LogP contribution in [0.3, 0.4) is 0 Å². The maximum atomic E-state index is 13.6. The Kier molecular flexibility index (Phi) is 6.11. The van der Waals surface area contributed by atoms with E-state index < -0.39 is 5.82 Å². The van der Waals surface area contributed by atoms with Crippen molar-refractivity contribution in [1.82, 2.24) is 15.1 Å². The number of aryl methyl sites for hydroxylation is 1. The van der Waals surface area contributed by atoms with Gasteiger partial charge in [-0.3, -0.25) is 9.59 Å². The summed E-state index contributed by atoms with van der Waals surface area (Å²) in [6.07, 6.45) is 1.66. The summed E-state index contributed by atoms with van der Waals surface area (Å²) in [4.78, 5) is 27.0. The Hall–Kier alpha value is -3.48. The molecule has 1 aliphatic heterocycles. The second kappa shape index (κ2) is 9.12. The van der Waals surface area contributed by atoms with Crippen molar-refractivity contribution in [3.8, 4) is 5.69 Å². The highest BCUT2D eigenvalue weighted by molar-refractivity contribution is 5.79. The van der Waals surface area contributed by atoms with Crippen LogP contribution in [0.15, 0.2) is 65.5 Å². The zero-order valence-electron chi connectivity index (χ0n) is 17.4. The third-order valence-corrected chi connectivity index (χ3v) is 5.54. The van der Waals surface area contributed by atoms with Crippen LogP contribution in [-0.4, -0.2) is 28.8 Å². The van der Waals surface area contributed by atoms with E-state index in [4.69, 9.17) is 0 Å². The first-order valence-corrected chi connectivity index (χ1v) is 10.4. The van der Waals surface area contributed by atoms with Gasteiger partial charge < -0.3 is 10.2 Å². The Morgan fingerprint density at radius 2 is 1.97 bits per heavy atom. The zero-order chi connectivity index (χ0) is 21.8. The van der Waals surface area contributed by atoms with Gasteiger partial charge in [0, 0.05) is 25.7 Å². The number of halogens is 1. The molecule has 31 heavy (non-hydrogen) atoms. The number of carbonyl (C=O) groups is 1. The summed E-state index contributed by atoms with van der Waals surface area (Å²) < 4.78 is 14.8. The van der Waals surface area contributed by atoms with Crippen LogP contribution in [0, 0.1) is 18.7 Å². The van der Waals surface area contributed by atoms with Crippen LogP contribution in [0.2, 0.25) is 0 Å². The van der Waals surface area contributed by atoms with Crippen molar-refractivity contribution in [2.45, 2.75) is 26.3 Å². The molecule has 1 aliphatic rings. The number of nitrogens with zero attached hydrogens (tertiary/aromatic N) is 3. The Balaban J connectivity index is 1.45. The van der Waals surface area contributed by atoms with Gasteiger partial charge in [-0.15, -0.1) is 5.10 Å². The van der Waals surface area contributed by atoms with Crippen molar-refractivity contribution in [3.05, 3.63) is 88.0 Å². The number of rotatable bonds is 5. The molecule has 0 saturated carbocycles. The molecule has 0 unspecified atom stereocenters. The molecule has 4 rings (SSSR count). The fraction of sp³-hybridized carbons (Fsp3) is 0.292. The van der Waals surface area contributed by atoms with E-state index >= 15 is 0 Å². The molecular formula is C24H25FN4O2. The quantitative estimate of drug-likeness (QED) is 0.688. The SMILES string of the molecule is Cc1ccc(CNC(=O)[C@H]2CCCN(c3ccc(=O)n(-c4cccc(F)c4)n3)C2)cc1. The molecule has 2 heterocycles. The van der Waals surface area contributed by atoms with Crippen LogP contribution < -0.4 is 15.8 Å². The summed E-state index contributed by atoms with van der Waals surface area (Å²) in [5.74, 6) is 0.0269. The third kappa shape index (κ3) is 4.99. The number of anilines is 1. The Bertz CT molecular complexity index is 1130. The third-order valence-electron chi connectivity index (χ3n) is 5.54. The molecule has 7 heteroatoms. The van der Waals surface area contributed by atoms with Gasteiger partial charge in [-0.25, -0.2) is 4.39 Å². The first-order chi connectivity index (χ1) is 15.0. The molecule has 1 aromatic heterocycles.